The lowest BCUT2D eigenvalue weighted by molar-refractivity contribution is -0.120. The molecule has 1 aromatic heterocycles. The highest BCUT2D eigenvalue weighted by Crippen LogP contribution is 2.19. The molecule has 16 heavy (non-hydrogen) atoms. The molecule has 2 N–H and O–H groups in total. The molecule has 1 aromatic rings. The van der Waals surface area contributed by atoms with E-state index < -0.39 is 0 Å². The Kier molecular flexibility index (Phi) is 6.01. The first-order chi connectivity index (χ1) is 7.61. The molecule has 1 amide bonds. The molecule has 5 heteroatoms. The van der Waals surface area contributed by atoms with Gasteiger partial charge in [-0.3, -0.25) is 4.79 Å². The lowest BCUT2D eigenvalue weighted by Crippen LogP contribution is -2.37. The van der Waals surface area contributed by atoms with Crippen LogP contribution in [-0.2, 0) is 11.3 Å². The Morgan fingerprint density at radius 1 is 1.62 bits per heavy atom. The van der Waals surface area contributed by atoms with Crippen molar-refractivity contribution in [3.05, 3.63) is 20.8 Å². The molecule has 0 bridgehead atoms. The van der Waals surface area contributed by atoms with Crippen LogP contribution in [0.4, 0.5) is 0 Å². The highest BCUT2D eigenvalue weighted by Gasteiger charge is 2.04. The maximum atomic E-state index is 11.5. The van der Waals surface area contributed by atoms with Crippen molar-refractivity contribution in [1.29, 1.82) is 0 Å². The van der Waals surface area contributed by atoms with Crippen LogP contribution >= 0.6 is 27.3 Å². The van der Waals surface area contributed by atoms with Crippen LogP contribution in [0.15, 0.2) is 15.9 Å². The van der Waals surface area contributed by atoms with E-state index in [4.69, 9.17) is 0 Å². The smallest absolute Gasteiger partial charge is 0.234 e. The summed E-state index contributed by atoms with van der Waals surface area (Å²) in [6.07, 6.45) is 1.03. The van der Waals surface area contributed by atoms with E-state index in [-0.39, 0.29) is 5.91 Å². The van der Waals surface area contributed by atoms with Crippen molar-refractivity contribution < 1.29 is 4.79 Å². The van der Waals surface area contributed by atoms with Crippen molar-refractivity contribution in [2.45, 2.75) is 32.9 Å². The molecular formula is C11H17BrN2OS. The number of rotatable bonds is 6. The second-order valence-corrected chi connectivity index (χ2v) is 5.61. The van der Waals surface area contributed by atoms with Crippen LogP contribution in [-0.4, -0.2) is 18.5 Å². The van der Waals surface area contributed by atoms with Crippen LogP contribution in [0.5, 0.6) is 0 Å². The van der Waals surface area contributed by atoms with E-state index in [1.165, 1.54) is 0 Å². The second-order valence-electron chi connectivity index (χ2n) is 3.70. The van der Waals surface area contributed by atoms with Gasteiger partial charge in [0.15, 0.2) is 0 Å². The molecular weight excluding hydrogens is 288 g/mol. The quantitative estimate of drug-likeness (QED) is 0.848. The minimum absolute atomic E-state index is 0.0461. The summed E-state index contributed by atoms with van der Waals surface area (Å²) in [5.41, 5.74) is 0. The monoisotopic (exact) mass is 304 g/mol. The van der Waals surface area contributed by atoms with Gasteiger partial charge in [-0.1, -0.05) is 6.92 Å². The van der Waals surface area contributed by atoms with Gasteiger partial charge in [-0.2, -0.15) is 0 Å². The molecule has 0 aliphatic rings. The molecule has 3 nitrogen and oxygen atoms in total. The molecule has 1 heterocycles. The van der Waals surface area contributed by atoms with Crippen molar-refractivity contribution in [2.24, 2.45) is 0 Å². The van der Waals surface area contributed by atoms with Crippen LogP contribution < -0.4 is 10.6 Å². The molecule has 0 aromatic carbocycles. The van der Waals surface area contributed by atoms with E-state index in [1.807, 2.05) is 11.4 Å². The first-order valence-corrected chi connectivity index (χ1v) is 7.02. The summed E-state index contributed by atoms with van der Waals surface area (Å²) >= 11 is 5.02. The van der Waals surface area contributed by atoms with Gasteiger partial charge in [0.25, 0.3) is 0 Å². The highest BCUT2D eigenvalue weighted by atomic mass is 79.9. The lowest BCUT2D eigenvalue weighted by Gasteiger charge is -2.10. The molecule has 1 rings (SSSR count). The van der Waals surface area contributed by atoms with E-state index >= 15 is 0 Å². The van der Waals surface area contributed by atoms with Crippen LogP contribution in [0.2, 0.25) is 0 Å². The number of hydrogen-bond donors (Lipinski definition) is 2. The zero-order valence-corrected chi connectivity index (χ0v) is 12.0. The predicted octanol–water partition coefficient (Wildman–Crippen LogP) is 2.51. The molecule has 0 spiro atoms. The minimum Gasteiger partial charge on any atom is -0.350 e. The van der Waals surface area contributed by atoms with Crippen LogP contribution in [0.25, 0.3) is 0 Å². The summed E-state index contributed by atoms with van der Waals surface area (Å²) in [6.45, 7) is 5.17. The van der Waals surface area contributed by atoms with Gasteiger partial charge < -0.3 is 10.6 Å². The molecule has 1 atom stereocenters. The fraction of sp³-hybridized carbons (Fsp3) is 0.545. The average Bonchev–Trinajstić information content (AvgIpc) is 2.69. The van der Waals surface area contributed by atoms with Gasteiger partial charge in [-0.05, 0) is 35.3 Å². The van der Waals surface area contributed by atoms with Crippen LogP contribution in [0.3, 0.4) is 0 Å². The molecule has 0 aliphatic heterocycles. The Hall–Kier alpha value is -0.390. The minimum atomic E-state index is 0.0461. The van der Waals surface area contributed by atoms with Gasteiger partial charge in [0.1, 0.15) is 0 Å². The number of nitrogens with one attached hydrogen (secondary N) is 2. The summed E-state index contributed by atoms with van der Waals surface area (Å²) < 4.78 is 1.07. The van der Waals surface area contributed by atoms with Crippen molar-refractivity contribution in [3.63, 3.8) is 0 Å². The third-order valence-corrected chi connectivity index (χ3v) is 4.00. The van der Waals surface area contributed by atoms with Crippen molar-refractivity contribution in [3.8, 4) is 0 Å². The second kappa shape index (κ2) is 7.04. The zero-order chi connectivity index (χ0) is 12.0. The van der Waals surface area contributed by atoms with Gasteiger partial charge in [-0.25, -0.2) is 0 Å². The standard InChI is InChI=1S/C11H17BrN2OS/c1-3-8(2)13-6-11(15)14-5-10-4-9(12)7-16-10/h4,7-8,13H,3,5-6H2,1-2H3,(H,14,15). The number of carbonyl (C=O) groups excluding carboxylic acids is 1. The molecule has 0 saturated heterocycles. The lowest BCUT2D eigenvalue weighted by atomic mass is 10.2. The highest BCUT2D eigenvalue weighted by molar-refractivity contribution is 9.10. The topological polar surface area (TPSA) is 41.1 Å². The Labute approximate surface area is 109 Å². The SMILES string of the molecule is CCC(C)NCC(=O)NCc1cc(Br)cs1. The maximum Gasteiger partial charge on any atom is 0.234 e. The number of carbonyl (C=O) groups is 1. The van der Waals surface area contributed by atoms with Crippen LogP contribution in [0, 0.1) is 0 Å². The fourth-order valence-electron chi connectivity index (χ4n) is 1.11. The number of thiophene rings is 1. The fourth-order valence-corrected chi connectivity index (χ4v) is 2.50. The molecule has 0 fully saturated rings. The Morgan fingerprint density at radius 2 is 2.38 bits per heavy atom. The van der Waals surface area contributed by atoms with Gasteiger partial charge in [0.2, 0.25) is 5.91 Å². The predicted molar refractivity (Wildman–Crippen MR) is 71.6 cm³/mol. The molecule has 1 unspecified atom stereocenters. The largest absolute Gasteiger partial charge is 0.350 e. The third kappa shape index (κ3) is 5.09. The van der Waals surface area contributed by atoms with Crippen molar-refractivity contribution in [2.75, 3.05) is 6.54 Å². The summed E-state index contributed by atoms with van der Waals surface area (Å²) in [7, 11) is 0. The van der Waals surface area contributed by atoms with E-state index in [0.717, 1.165) is 15.8 Å². The average molecular weight is 305 g/mol. The third-order valence-electron chi connectivity index (χ3n) is 2.31. The van der Waals surface area contributed by atoms with Gasteiger partial charge in [0.05, 0.1) is 13.1 Å². The van der Waals surface area contributed by atoms with Gasteiger partial charge >= 0.3 is 0 Å². The van der Waals surface area contributed by atoms with Gasteiger partial charge in [0, 0.05) is 20.8 Å². The number of amides is 1. The Bertz CT molecular complexity index is 340. The maximum absolute atomic E-state index is 11.5. The molecule has 90 valence electrons. The van der Waals surface area contributed by atoms with E-state index in [0.29, 0.717) is 19.1 Å². The molecule has 0 aliphatic carbocycles. The van der Waals surface area contributed by atoms with Crippen molar-refractivity contribution >= 4 is 33.2 Å². The summed E-state index contributed by atoms with van der Waals surface area (Å²) in [6, 6.07) is 2.41. The number of halogens is 1. The normalized spacial score (nSPS) is 12.4. The van der Waals surface area contributed by atoms with Crippen molar-refractivity contribution in [1.82, 2.24) is 10.6 Å². The van der Waals surface area contributed by atoms with E-state index in [2.05, 4.69) is 40.4 Å². The summed E-state index contributed by atoms with van der Waals surface area (Å²) in [5, 5.41) is 8.05. The van der Waals surface area contributed by atoms with Crippen LogP contribution in [0.1, 0.15) is 25.1 Å². The number of hydrogen-bond acceptors (Lipinski definition) is 3. The first-order valence-electron chi connectivity index (χ1n) is 5.34. The molecule has 0 radical (unpaired) electrons. The Morgan fingerprint density at radius 3 is 2.94 bits per heavy atom. The first kappa shape index (κ1) is 13.7. The molecule has 0 saturated carbocycles. The van der Waals surface area contributed by atoms with Gasteiger partial charge in [-0.15, -0.1) is 11.3 Å². The Balaban J connectivity index is 2.20. The van der Waals surface area contributed by atoms with E-state index in [9.17, 15) is 4.79 Å². The summed E-state index contributed by atoms with van der Waals surface area (Å²) in [5.74, 6) is 0.0461. The van der Waals surface area contributed by atoms with E-state index in [1.54, 1.807) is 11.3 Å². The zero-order valence-electron chi connectivity index (χ0n) is 9.55. The summed E-state index contributed by atoms with van der Waals surface area (Å²) in [4.78, 5) is 12.6.